The average Bonchev–Trinajstić information content (AvgIpc) is 2.63. The van der Waals surface area contributed by atoms with E-state index in [0.717, 1.165) is 11.6 Å². The van der Waals surface area contributed by atoms with E-state index < -0.39 is 0 Å². The number of nitrogens with zero attached hydrogens (tertiary/aromatic N) is 3. The van der Waals surface area contributed by atoms with E-state index in [4.69, 9.17) is 4.98 Å². The van der Waals surface area contributed by atoms with Crippen molar-refractivity contribution in [3.8, 4) is 0 Å². The number of fused-ring (bicyclic) bond motifs is 1. The number of benzene rings is 1. The monoisotopic (exact) mass is 335 g/mol. The van der Waals surface area contributed by atoms with Gasteiger partial charge in [0.05, 0.1) is 5.52 Å². The van der Waals surface area contributed by atoms with E-state index in [-0.39, 0.29) is 0 Å². The normalized spacial score (nSPS) is 24.6. The van der Waals surface area contributed by atoms with Crippen LogP contribution in [0, 0.1) is 5.41 Å². The number of likely N-dealkylation sites (tertiary alicyclic amines) is 1. The van der Waals surface area contributed by atoms with Gasteiger partial charge in [-0.3, -0.25) is 0 Å². The van der Waals surface area contributed by atoms with Crippen molar-refractivity contribution in [1.82, 2.24) is 9.88 Å². The molecule has 3 nitrogen and oxygen atoms in total. The van der Waals surface area contributed by atoms with E-state index in [1.165, 1.54) is 82.3 Å². The minimum atomic E-state index is 0.619. The molecule has 1 aromatic carbocycles. The Balaban J connectivity index is 1.23. The van der Waals surface area contributed by atoms with Gasteiger partial charge in [0.15, 0.2) is 0 Å². The molecule has 0 radical (unpaired) electrons. The predicted octanol–water partition coefficient (Wildman–Crippen LogP) is 4.47. The van der Waals surface area contributed by atoms with Crippen molar-refractivity contribution >= 4 is 16.7 Å². The third-order valence-electron chi connectivity index (χ3n) is 7.18. The Hall–Kier alpha value is -1.61. The smallest absolute Gasteiger partial charge is 0.129 e. The zero-order valence-corrected chi connectivity index (χ0v) is 15.2. The lowest BCUT2D eigenvalue weighted by Gasteiger charge is -2.50. The molecule has 25 heavy (non-hydrogen) atoms. The molecule has 3 heteroatoms. The van der Waals surface area contributed by atoms with E-state index in [2.05, 4.69) is 46.2 Å². The molecule has 1 saturated carbocycles. The maximum absolute atomic E-state index is 4.90. The molecule has 0 unspecified atom stereocenters. The van der Waals surface area contributed by atoms with Crippen LogP contribution in [0.4, 0.5) is 5.82 Å². The molecule has 5 rings (SSSR count). The summed E-state index contributed by atoms with van der Waals surface area (Å²) in [5.74, 6) is 1.17. The number of rotatable bonds is 2. The van der Waals surface area contributed by atoms with E-state index in [1.807, 2.05) is 0 Å². The van der Waals surface area contributed by atoms with Crippen molar-refractivity contribution in [2.24, 2.45) is 5.41 Å². The highest BCUT2D eigenvalue weighted by atomic mass is 15.2. The van der Waals surface area contributed by atoms with Crippen LogP contribution in [-0.4, -0.2) is 42.1 Å². The topological polar surface area (TPSA) is 19.4 Å². The largest absolute Gasteiger partial charge is 0.357 e. The van der Waals surface area contributed by atoms with Gasteiger partial charge in [-0.25, -0.2) is 4.98 Å². The Morgan fingerprint density at radius 1 is 0.840 bits per heavy atom. The zero-order valence-electron chi connectivity index (χ0n) is 15.2. The quantitative estimate of drug-likeness (QED) is 0.807. The number of para-hydroxylation sites is 1. The number of hydrogen-bond acceptors (Lipinski definition) is 3. The summed E-state index contributed by atoms with van der Waals surface area (Å²) in [6, 6.07) is 13.8. The summed E-state index contributed by atoms with van der Waals surface area (Å²) in [6.45, 7) is 5.04. The predicted molar refractivity (Wildman–Crippen MR) is 104 cm³/mol. The summed E-state index contributed by atoms with van der Waals surface area (Å²) in [5, 5.41) is 1.24. The van der Waals surface area contributed by atoms with Gasteiger partial charge in [-0.15, -0.1) is 0 Å². The van der Waals surface area contributed by atoms with E-state index >= 15 is 0 Å². The summed E-state index contributed by atoms with van der Waals surface area (Å²) in [5.41, 5.74) is 1.74. The molecule has 3 aliphatic rings. The van der Waals surface area contributed by atoms with Crippen LogP contribution in [-0.2, 0) is 0 Å². The second-order valence-corrected chi connectivity index (χ2v) is 8.47. The fourth-order valence-corrected chi connectivity index (χ4v) is 5.06. The summed E-state index contributed by atoms with van der Waals surface area (Å²) in [4.78, 5) is 10.2. The molecule has 3 heterocycles. The number of piperidine rings is 2. The molecule has 0 atom stereocenters. The third kappa shape index (κ3) is 2.93. The molecule has 1 aromatic heterocycles. The maximum atomic E-state index is 4.90. The molecule has 1 aliphatic carbocycles. The highest BCUT2D eigenvalue weighted by Gasteiger charge is 2.39. The molecule has 2 aliphatic heterocycles. The lowest BCUT2D eigenvalue weighted by atomic mass is 9.70. The van der Waals surface area contributed by atoms with Crippen molar-refractivity contribution < 1.29 is 0 Å². The fraction of sp³-hybridized carbons (Fsp3) is 0.591. The van der Waals surface area contributed by atoms with Crippen molar-refractivity contribution in [1.29, 1.82) is 0 Å². The number of aromatic nitrogens is 1. The minimum Gasteiger partial charge on any atom is -0.357 e. The van der Waals surface area contributed by atoms with Gasteiger partial charge in [-0.1, -0.05) is 24.6 Å². The van der Waals surface area contributed by atoms with Gasteiger partial charge in [-0.05, 0) is 75.2 Å². The molecule has 2 aromatic rings. The summed E-state index contributed by atoms with van der Waals surface area (Å²) >= 11 is 0. The number of hydrogen-bond donors (Lipinski definition) is 0. The lowest BCUT2D eigenvalue weighted by Crippen LogP contribution is -2.51. The van der Waals surface area contributed by atoms with Crippen LogP contribution >= 0.6 is 0 Å². The molecular formula is C22H29N3. The lowest BCUT2D eigenvalue weighted by molar-refractivity contribution is 0.0305. The van der Waals surface area contributed by atoms with Crippen LogP contribution in [0.5, 0.6) is 0 Å². The maximum Gasteiger partial charge on any atom is 0.129 e. The third-order valence-corrected chi connectivity index (χ3v) is 7.18. The van der Waals surface area contributed by atoms with Crippen LogP contribution < -0.4 is 4.90 Å². The average molecular weight is 335 g/mol. The van der Waals surface area contributed by atoms with Gasteiger partial charge in [0.2, 0.25) is 0 Å². The molecule has 1 spiro atoms. The summed E-state index contributed by atoms with van der Waals surface area (Å²) < 4.78 is 0. The van der Waals surface area contributed by atoms with Gasteiger partial charge >= 0.3 is 0 Å². The summed E-state index contributed by atoms with van der Waals surface area (Å²) in [6.07, 6.45) is 9.90. The summed E-state index contributed by atoms with van der Waals surface area (Å²) in [7, 11) is 0. The van der Waals surface area contributed by atoms with Gasteiger partial charge < -0.3 is 9.80 Å². The van der Waals surface area contributed by atoms with Crippen LogP contribution in [0.25, 0.3) is 10.9 Å². The molecule has 0 N–H and O–H groups in total. The highest BCUT2D eigenvalue weighted by Crippen LogP contribution is 2.43. The SMILES string of the molecule is c1ccc2nc(N3CCC4(CC3)CCN(C3CCC3)CC4)ccc2c1. The highest BCUT2D eigenvalue weighted by molar-refractivity contribution is 5.80. The van der Waals surface area contributed by atoms with Crippen molar-refractivity contribution in [3.63, 3.8) is 0 Å². The number of pyridine rings is 1. The second kappa shape index (κ2) is 6.28. The zero-order chi connectivity index (χ0) is 16.7. The molecule has 2 saturated heterocycles. The molecule has 0 bridgehead atoms. The first-order valence-electron chi connectivity index (χ1n) is 10.2. The first-order valence-corrected chi connectivity index (χ1v) is 10.2. The second-order valence-electron chi connectivity index (χ2n) is 8.47. The molecule has 0 amide bonds. The van der Waals surface area contributed by atoms with Gasteiger partial charge in [-0.2, -0.15) is 0 Å². The van der Waals surface area contributed by atoms with E-state index in [9.17, 15) is 0 Å². The molecule has 132 valence electrons. The fourth-order valence-electron chi connectivity index (χ4n) is 5.06. The van der Waals surface area contributed by atoms with Gasteiger partial charge in [0, 0.05) is 24.5 Å². The number of anilines is 1. The van der Waals surface area contributed by atoms with Crippen molar-refractivity contribution in [3.05, 3.63) is 36.4 Å². The first kappa shape index (κ1) is 15.6. The first-order chi connectivity index (χ1) is 12.3. The Labute approximate surface area is 151 Å². The standard InChI is InChI=1S/C22H29N3/c1-2-7-20-18(4-1)8-9-21(23-20)25-16-12-22(13-17-25)10-14-24(15-11-22)19-5-3-6-19/h1-2,4,7-9,19H,3,5-6,10-17H2. The Kier molecular flexibility index (Phi) is 3.93. The van der Waals surface area contributed by atoms with Crippen LogP contribution in [0.2, 0.25) is 0 Å². The molecular weight excluding hydrogens is 306 g/mol. The minimum absolute atomic E-state index is 0.619. The molecule has 3 fully saturated rings. The van der Waals surface area contributed by atoms with Crippen molar-refractivity contribution in [2.75, 3.05) is 31.1 Å². The van der Waals surface area contributed by atoms with E-state index in [1.54, 1.807) is 0 Å². The van der Waals surface area contributed by atoms with Crippen molar-refractivity contribution in [2.45, 2.75) is 51.0 Å². The van der Waals surface area contributed by atoms with Crippen LogP contribution in [0.1, 0.15) is 44.9 Å². The van der Waals surface area contributed by atoms with Gasteiger partial charge in [0.1, 0.15) is 5.82 Å². The Morgan fingerprint density at radius 2 is 1.56 bits per heavy atom. The van der Waals surface area contributed by atoms with Gasteiger partial charge in [0.25, 0.3) is 0 Å². The van der Waals surface area contributed by atoms with E-state index in [0.29, 0.717) is 5.41 Å². The van der Waals surface area contributed by atoms with Crippen LogP contribution in [0.3, 0.4) is 0 Å². The van der Waals surface area contributed by atoms with Crippen LogP contribution in [0.15, 0.2) is 36.4 Å². The Bertz CT molecular complexity index is 734. The Morgan fingerprint density at radius 3 is 2.28 bits per heavy atom.